The number of carbonyl (C=O) groups is 1. The van der Waals surface area contributed by atoms with Crippen LogP contribution in [-0.2, 0) is 4.79 Å². The Kier molecular flexibility index (Phi) is 2.98. The van der Waals surface area contributed by atoms with E-state index < -0.39 is 0 Å². The van der Waals surface area contributed by atoms with Crippen LogP contribution in [0, 0.1) is 5.92 Å². The summed E-state index contributed by atoms with van der Waals surface area (Å²) in [6.45, 7) is 0.876. The standard InChI is InChI=1S/C15H19NO/c17-15(8-9-16-12-6-7-12)14-10-13(14)11-4-2-1-3-5-11/h1-5,12-14,16H,6-10H2. The molecule has 90 valence electrons. The zero-order chi connectivity index (χ0) is 11.7. The predicted octanol–water partition coefficient (Wildman–Crippen LogP) is 2.50. The molecule has 2 unspecified atom stereocenters. The summed E-state index contributed by atoms with van der Waals surface area (Å²) in [5, 5.41) is 3.40. The topological polar surface area (TPSA) is 29.1 Å². The van der Waals surface area contributed by atoms with Gasteiger partial charge in [0.15, 0.2) is 0 Å². The summed E-state index contributed by atoms with van der Waals surface area (Å²) < 4.78 is 0. The molecule has 3 rings (SSSR count). The van der Waals surface area contributed by atoms with Gasteiger partial charge in [0.1, 0.15) is 5.78 Å². The lowest BCUT2D eigenvalue weighted by molar-refractivity contribution is -0.120. The van der Waals surface area contributed by atoms with Gasteiger partial charge in [0.05, 0.1) is 0 Å². The zero-order valence-corrected chi connectivity index (χ0v) is 10.1. The van der Waals surface area contributed by atoms with Gasteiger partial charge in [-0.1, -0.05) is 30.3 Å². The van der Waals surface area contributed by atoms with Gasteiger partial charge in [-0.05, 0) is 30.7 Å². The number of Topliss-reactive ketones (excluding diaryl/α,β-unsaturated/α-hetero) is 1. The fraction of sp³-hybridized carbons (Fsp3) is 0.533. The van der Waals surface area contributed by atoms with Crippen LogP contribution in [0.2, 0.25) is 0 Å². The first kappa shape index (κ1) is 11.0. The Morgan fingerprint density at radius 1 is 1.24 bits per heavy atom. The number of rotatable bonds is 6. The highest BCUT2D eigenvalue weighted by Crippen LogP contribution is 2.48. The molecule has 0 spiro atoms. The van der Waals surface area contributed by atoms with Crippen LogP contribution in [0.1, 0.15) is 37.2 Å². The van der Waals surface area contributed by atoms with Gasteiger partial charge in [0.25, 0.3) is 0 Å². The SMILES string of the molecule is O=C(CCNC1CC1)C1CC1c1ccccc1. The van der Waals surface area contributed by atoms with Gasteiger partial charge in [-0.2, -0.15) is 0 Å². The van der Waals surface area contributed by atoms with Crippen LogP contribution in [0.3, 0.4) is 0 Å². The summed E-state index contributed by atoms with van der Waals surface area (Å²) in [5.41, 5.74) is 1.33. The summed E-state index contributed by atoms with van der Waals surface area (Å²) in [5.74, 6) is 1.26. The predicted molar refractivity (Wildman–Crippen MR) is 67.9 cm³/mol. The van der Waals surface area contributed by atoms with Gasteiger partial charge in [0, 0.05) is 24.9 Å². The van der Waals surface area contributed by atoms with Gasteiger partial charge in [0.2, 0.25) is 0 Å². The van der Waals surface area contributed by atoms with Crippen molar-refractivity contribution in [2.24, 2.45) is 5.92 Å². The van der Waals surface area contributed by atoms with E-state index in [1.54, 1.807) is 0 Å². The van der Waals surface area contributed by atoms with Crippen molar-refractivity contribution in [3.8, 4) is 0 Å². The van der Waals surface area contributed by atoms with Crippen molar-refractivity contribution in [2.75, 3.05) is 6.54 Å². The molecule has 1 aromatic rings. The van der Waals surface area contributed by atoms with E-state index in [1.165, 1.54) is 18.4 Å². The normalized spacial score (nSPS) is 26.8. The van der Waals surface area contributed by atoms with Gasteiger partial charge in [-0.3, -0.25) is 4.79 Å². The van der Waals surface area contributed by atoms with Crippen LogP contribution >= 0.6 is 0 Å². The highest BCUT2D eigenvalue weighted by Gasteiger charge is 2.42. The molecule has 0 radical (unpaired) electrons. The van der Waals surface area contributed by atoms with Crippen molar-refractivity contribution < 1.29 is 4.79 Å². The minimum atomic E-state index is 0.304. The molecule has 2 fully saturated rings. The quantitative estimate of drug-likeness (QED) is 0.812. The highest BCUT2D eigenvalue weighted by molar-refractivity contribution is 5.85. The van der Waals surface area contributed by atoms with E-state index in [4.69, 9.17) is 0 Å². The molecule has 2 nitrogen and oxygen atoms in total. The molecule has 1 N–H and O–H groups in total. The molecular weight excluding hydrogens is 210 g/mol. The number of benzene rings is 1. The molecule has 0 amide bonds. The molecule has 2 heteroatoms. The third-order valence-electron chi connectivity index (χ3n) is 3.81. The van der Waals surface area contributed by atoms with E-state index in [9.17, 15) is 4.79 Å². The lowest BCUT2D eigenvalue weighted by Gasteiger charge is -2.02. The number of carbonyl (C=O) groups excluding carboxylic acids is 1. The molecule has 2 aliphatic rings. The number of hydrogen-bond donors (Lipinski definition) is 1. The lowest BCUT2D eigenvalue weighted by Crippen LogP contribution is -2.20. The van der Waals surface area contributed by atoms with Crippen LogP contribution in [0.25, 0.3) is 0 Å². The fourth-order valence-electron chi connectivity index (χ4n) is 2.49. The summed E-state index contributed by atoms with van der Waals surface area (Å²) in [6.07, 6.45) is 4.37. The maximum atomic E-state index is 12.0. The lowest BCUT2D eigenvalue weighted by atomic mass is 10.1. The van der Waals surface area contributed by atoms with E-state index in [2.05, 4.69) is 29.6 Å². The van der Waals surface area contributed by atoms with E-state index in [-0.39, 0.29) is 0 Å². The summed E-state index contributed by atoms with van der Waals surface area (Å²) in [6, 6.07) is 11.1. The van der Waals surface area contributed by atoms with Gasteiger partial charge in [-0.25, -0.2) is 0 Å². The highest BCUT2D eigenvalue weighted by atomic mass is 16.1. The van der Waals surface area contributed by atoms with Crippen molar-refractivity contribution in [3.05, 3.63) is 35.9 Å². The summed E-state index contributed by atoms with van der Waals surface area (Å²) >= 11 is 0. The molecule has 2 saturated carbocycles. The van der Waals surface area contributed by atoms with Crippen LogP contribution in [0.5, 0.6) is 0 Å². The third kappa shape index (κ3) is 2.75. The monoisotopic (exact) mass is 229 g/mol. The Morgan fingerprint density at radius 3 is 2.71 bits per heavy atom. The number of ketones is 1. The van der Waals surface area contributed by atoms with Crippen molar-refractivity contribution in [2.45, 2.75) is 37.6 Å². The maximum absolute atomic E-state index is 12.0. The van der Waals surface area contributed by atoms with Crippen molar-refractivity contribution in [1.82, 2.24) is 5.32 Å². The second-order valence-electron chi connectivity index (χ2n) is 5.30. The average Bonchev–Trinajstić information content (AvgIpc) is 3.24. The average molecular weight is 229 g/mol. The smallest absolute Gasteiger partial charge is 0.137 e. The fourth-order valence-corrected chi connectivity index (χ4v) is 2.49. The second kappa shape index (κ2) is 4.61. The Balaban J connectivity index is 1.45. The maximum Gasteiger partial charge on any atom is 0.137 e. The molecule has 1 aromatic carbocycles. The van der Waals surface area contributed by atoms with Crippen LogP contribution in [0.15, 0.2) is 30.3 Å². The first-order valence-electron chi connectivity index (χ1n) is 6.65. The Morgan fingerprint density at radius 2 is 2.00 bits per heavy atom. The van der Waals surface area contributed by atoms with Gasteiger partial charge >= 0.3 is 0 Å². The second-order valence-corrected chi connectivity index (χ2v) is 5.30. The minimum Gasteiger partial charge on any atom is -0.314 e. The summed E-state index contributed by atoms with van der Waals surface area (Å²) in [7, 11) is 0. The van der Waals surface area contributed by atoms with Crippen LogP contribution < -0.4 is 5.32 Å². The first-order chi connectivity index (χ1) is 8.34. The van der Waals surface area contributed by atoms with Gasteiger partial charge in [-0.15, -0.1) is 0 Å². The molecule has 2 atom stereocenters. The largest absolute Gasteiger partial charge is 0.314 e. The molecule has 0 aliphatic heterocycles. The number of hydrogen-bond acceptors (Lipinski definition) is 2. The first-order valence-corrected chi connectivity index (χ1v) is 6.65. The third-order valence-corrected chi connectivity index (χ3v) is 3.81. The Labute approximate surface area is 102 Å². The van der Waals surface area contributed by atoms with Crippen molar-refractivity contribution in [1.29, 1.82) is 0 Å². The summed E-state index contributed by atoms with van der Waals surface area (Å²) in [4.78, 5) is 12.0. The Hall–Kier alpha value is -1.15. The van der Waals surface area contributed by atoms with Crippen LogP contribution in [-0.4, -0.2) is 18.4 Å². The molecule has 0 saturated heterocycles. The molecule has 17 heavy (non-hydrogen) atoms. The molecule has 2 aliphatic carbocycles. The molecule has 0 bridgehead atoms. The van der Waals surface area contributed by atoms with E-state index in [0.717, 1.165) is 13.0 Å². The zero-order valence-electron chi connectivity index (χ0n) is 10.1. The van der Waals surface area contributed by atoms with E-state index in [0.29, 0.717) is 30.1 Å². The molecular formula is C15H19NO. The van der Waals surface area contributed by atoms with Crippen molar-refractivity contribution >= 4 is 5.78 Å². The minimum absolute atomic E-state index is 0.304. The number of nitrogens with one attached hydrogen (secondary N) is 1. The van der Waals surface area contributed by atoms with E-state index in [1.807, 2.05) is 6.07 Å². The van der Waals surface area contributed by atoms with E-state index >= 15 is 0 Å². The van der Waals surface area contributed by atoms with Crippen molar-refractivity contribution in [3.63, 3.8) is 0 Å². The van der Waals surface area contributed by atoms with Crippen LogP contribution in [0.4, 0.5) is 0 Å². The van der Waals surface area contributed by atoms with Gasteiger partial charge < -0.3 is 5.32 Å². The molecule has 0 aromatic heterocycles. The molecule has 0 heterocycles. The Bertz CT molecular complexity index is 397.